The van der Waals surface area contributed by atoms with Crippen LogP contribution in [0, 0.1) is 5.41 Å². The molecule has 2 aromatic heterocycles. The molecule has 0 N–H and O–H groups in total. The van der Waals surface area contributed by atoms with Crippen molar-refractivity contribution in [2.45, 2.75) is 32.2 Å². The van der Waals surface area contributed by atoms with E-state index in [2.05, 4.69) is 19.9 Å². The summed E-state index contributed by atoms with van der Waals surface area (Å²) < 4.78 is 0. The Hall–Kier alpha value is -2.50. The van der Waals surface area contributed by atoms with Gasteiger partial charge in [0, 0.05) is 62.8 Å². The Labute approximate surface area is 147 Å². The Kier molecular flexibility index (Phi) is 4.34. The van der Waals surface area contributed by atoms with Crippen molar-refractivity contribution in [3.05, 3.63) is 48.5 Å². The first-order chi connectivity index (χ1) is 12.2. The molecule has 0 radical (unpaired) electrons. The molecular weight excluding hydrogens is 314 g/mol. The van der Waals surface area contributed by atoms with Crippen LogP contribution in [0.3, 0.4) is 0 Å². The molecule has 0 aromatic carbocycles. The third kappa shape index (κ3) is 3.48. The summed E-state index contributed by atoms with van der Waals surface area (Å²) in [5.74, 6) is 1.06. The molecule has 0 bridgehead atoms. The fraction of sp³-hybridized carbons (Fsp3) is 0.474. The van der Waals surface area contributed by atoms with Gasteiger partial charge in [-0.3, -0.25) is 9.78 Å². The molecule has 2 fully saturated rings. The zero-order valence-corrected chi connectivity index (χ0v) is 14.3. The van der Waals surface area contributed by atoms with Gasteiger partial charge in [0.25, 0.3) is 0 Å². The van der Waals surface area contributed by atoms with E-state index < -0.39 is 0 Å². The number of aromatic nitrogens is 3. The van der Waals surface area contributed by atoms with Gasteiger partial charge in [-0.05, 0) is 37.0 Å². The number of rotatable bonds is 3. The van der Waals surface area contributed by atoms with Gasteiger partial charge in [-0.2, -0.15) is 0 Å². The fourth-order valence-electron chi connectivity index (χ4n) is 4.12. The molecule has 130 valence electrons. The normalized spacial score (nSPS) is 23.9. The standard InChI is InChI=1S/C19H23N5O/c25-17-5-7-19(15-24(17)13-16-4-1-8-20-12-16)6-2-11-23(14-19)18-21-9-3-10-22-18/h1,3-4,8-10,12H,2,5-7,11,13-15H2. The number of pyridine rings is 1. The van der Waals surface area contributed by atoms with E-state index >= 15 is 0 Å². The van der Waals surface area contributed by atoms with Crippen molar-refractivity contribution >= 4 is 11.9 Å². The van der Waals surface area contributed by atoms with Crippen LogP contribution in [0.5, 0.6) is 0 Å². The smallest absolute Gasteiger partial charge is 0.225 e. The van der Waals surface area contributed by atoms with Crippen molar-refractivity contribution in [2.24, 2.45) is 5.41 Å². The molecule has 2 aliphatic heterocycles. The number of likely N-dealkylation sites (tertiary alicyclic amines) is 1. The summed E-state index contributed by atoms with van der Waals surface area (Å²) in [5.41, 5.74) is 1.24. The molecule has 1 amide bonds. The lowest BCUT2D eigenvalue weighted by molar-refractivity contribution is -0.138. The average molecular weight is 337 g/mol. The first-order valence-electron chi connectivity index (χ1n) is 8.93. The summed E-state index contributed by atoms with van der Waals surface area (Å²) >= 11 is 0. The second-order valence-electron chi connectivity index (χ2n) is 7.18. The summed E-state index contributed by atoms with van der Waals surface area (Å²) in [4.78, 5) is 29.7. The van der Waals surface area contributed by atoms with Gasteiger partial charge in [-0.15, -0.1) is 0 Å². The summed E-state index contributed by atoms with van der Waals surface area (Å²) in [6, 6.07) is 5.80. The van der Waals surface area contributed by atoms with Crippen molar-refractivity contribution in [1.82, 2.24) is 19.9 Å². The first kappa shape index (κ1) is 16.0. The average Bonchev–Trinajstić information content (AvgIpc) is 2.67. The molecular formula is C19H23N5O. The lowest BCUT2D eigenvalue weighted by Crippen LogP contribution is -2.54. The number of carbonyl (C=O) groups excluding carboxylic acids is 1. The first-order valence-corrected chi connectivity index (χ1v) is 8.93. The maximum absolute atomic E-state index is 12.4. The van der Waals surface area contributed by atoms with E-state index in [1.165, 1.54) is 0 Å². The van der Waals surface area contributed by atoms with Crippen molar-refractivity contribution in [3.8, 4) is 0 Å². The van der Waals surface area contributed by atoms with Crippen LogP contribution in [-0.2, 0) is 11.3 Å². The van der Waals surface area contributed by atoms with Gasteiger partial charge in [0.05, 0.1) is 0 Å². The molecule has 1 atom stereocenters. The number of hydrogen-bond donors (Lipinski definition) is 0. The molecule has 25 heavy (non-hydrogen) atoms. The summed E-state index contributed by atoms with van der Waals surface area (Å²) in [7, 11) is 0. The van der Waals surface area contributed by atoms with E-state index in [0.29, 0.717) is 13.0 Å². The van der Waals surface area contributed by atoms with Crippen LogP contribution in [0.1, 0.15) is 31.2 Å². The van der Waals surface area contributed by atoms with Crippen molar-refractivity contribution < 1.29 is 4.79 Å². The molecule has 1 unspecified atom stereocenters. The predicted molar refractivity (Wildman–Crippen MR) is 94.8 cm³/mol. The van der Waals surface area contributed by atoms with Crippen molar-refractivity contribution in [1.29, 1.82) is 0 Å². The van der Waals surface area contributed by atoms with E-state index in [1.54, 1.807) is 18.6 Å². The van der Waals surface area contributed by atoms with Crippen LogP contribution < -0.4 is 4.90 Å². The van der Waals surface area contributed by atoms with Gasteiger partial charge in [-0.25, -0.2) is 9.97 Å². The third-order valence-electron chi connectivity index (χ3n) is 5.34. The molecule has 6 heteroatoms. The summed E-state index contributed by atoms with van der Waals surface area (Å²) in [5, 5.41) is 0. The van der Waals surface area contributed by atoms with E-state index in [-0.39, 0.29) is 11.3 Å². The minimum atomic E-state index is 0.146. The SMILES string of the molecule is O=C1CCC2(CCCN(c3ncccn3)C2)CN1Cc1cccnc1. The van der Waals surface area contributed by atoms with Gasteiger partial charge >= 0.3 is 0 Å². The minimum absolute atomic E-state index is 0.146. The van der Waals surface area contributed by atoms with Crippen LogP contribution in [0.15, 0.2) is 43.0 Å². The van der Waals surface area contributed by atoms with E-state index in [9.17, 15) is 4.79 Å². The monoisotopic (exact) mass is 337 g/mol. The Balaban J connectivity index is 1.50. The second kappa shape index (κ2) is 6.78. The van der Waals surface area contributed by atoms with Gasteiger partial charge < -0.3 is 9.80 Å². The van der Waals surface area contributed by atoms with Crippen LogP contribution in [-0.4, -0.2) is 45.4 Å². The Morgan fingerprint density at radius 1 is 1.08 bits per heavy atom. The maximum atomic E-state index is 12.4. The van der Waals surface area contributed by atoms with Gasteiger partial charge in [0.2, 0.25) is 11.9 Å². The second-order valence-corrected chi connectivity index (χ2v) is 7.18. The summed E-state index contributed by atoms with van der Waals surface area (Å²) in [6.07, 6.45) is 11.1. The number of amides is 1. The molecule has 0 saturated carbocycles. The maximum Gasteiger partial charge on any atom is 0.225 e. The predicted octanol–water partition coefficient (Wildman–Crippen LogP) is 2.28. The molecule has 1 spiro atoms. The zero-order valence-electron chi connectivity index (χ0n) is 14.3. The number of nitrogens with zero attached hydrogens (tertiary/aromatic N) is 5. The van der Waals surface area contributed by atoms with Crippen molar-refractivity contribution in [2.75, 3.05) is 24.5 Å². The topological polar surface area (TPSA) is 62.2 Å². The molecule has 2 aromatic rings. The van der Waals surface area contributed by atoms with E-state index in [1.807, 2.05) is 29.3 Å². The van der Waals surface area contributed by atoms with Gasteiger partial charge in [0.15, 0.2) is 0 Å². The number of hydrogen-bond acceptors (Lipinski definition) is 5. The molecule has 6 nitrogen and oxygen atoms in total. The number of anilines is 1. The van der Waals surface area contributed by atoms with Crippen molar-refractivity contribution in [3.63, 3.8) is 0 Å². The quantitative estimate of drug-likeness (QED) is 0.860. The lowest BCUT2D eigenvalue weighted by Gasteiger charge is -2.48. The van der Waals surface area contributed by atoms with Crippen LogP contribution in [0.4, 0.5) is 5.95 Å². The van der Waals surface area contributed by atoms with E-state index in [0.717, 1.165) is 50.4 Å². The Morgan fingerprint density at radius 2 is 1.96 bits per heavy atom. The molecule has 0 aliphatic carbocycles. The highest BCUT2D eigenvalue weighted by Crippen LogP contribution is 2.39. The molecule has 2 saturated heterocycles. The molecule has 4 heterocycles. The number of carbonyl (C=O) groups is 1. The highest BCUT2D eigenvalue weighted by atomic mass is 16.2. The highest BCUT2D eigenvalue weighted by Gasteiger charge is 2.42. The van der Waals surface area contributed by atoms with Gasteiger partial charge in [0.1, 0.15) is 0 Å². The van der Waals surface area contributed by atoms with Crippen LogP contribution >= 0.6 is 0 Å². The molecule has 4 rings (SSSR count). The minimum Gasteiger partial charge on any atom is -0.340 e. The summed E-state index contributed by atoms with van der Waals surface area (Å²) in [6.45, 7) is 3.37. The number of piperidine rings is 2. The fourth-order valence-corrected chi connectivity index (χ4v) is 4.12. The highest BCUT2D eigenvalue weighted by molar-refractivity contribution is 5.77. The van der Waals surface area contributed by atoms with E-state index in [4.69, 9.17) is 0 Å². The van der Waals surface area contributed by atoms with Gasteiger partial charge in [-0.1, -0.05) is 6.07 Å². The molecule has 2 aliphatic rings. The van der Waals surface area contributed by atoms with Crippen LogP contribution in [0.25, 0.3) is 0 Å². The third-order valence-corrected chi connectivity index (χ3v) is 5.34. The Bertz CT molecular complexity index is 723. The Morgan fingerprint density at radius 3 is 2.76 bits per heavy atom. The lowest BCUT2D eigenvalue weighted by atomic mass is 9.73. The zero-order chi connectivity index (χ0) is 17.1. The van der Waals surface area contributed by atoms with Crippen LogP contribution in [0.2, 0.25) is 0 Å². The largest absolute Gasteiger partial charge is 0.340 e.